The molecular formula is C66H50BN3O2S. The molecule has 2 aliphatic heterocycles. The summed E-state index contributed by atoms with van der Waals surface area (Å²) < 4.78 is 37.1. The van der Waals surface area contributed by atoms with Crippen LogP contribution in [0.1, 0.15) is 37.5 Å². The first kappa shape index (κ1) is 43.4. The summed E-state index contributed by atoms with van der Waals surface area (Å²) in [7, 11) is -4.12. The van der Waals surface area contributed by atoms with Gasteiger partial charge in [-0.05, 0) is 130 Å². The predicted octanol–water partition coefficient (Wildman–Crippen LogP) is 14.6. The summed E-state index contributed by atoms with van der Waals surface area (Å²) in [4.78, 5) is 3.18. The minimum absolute atomic E-state index is 0.373. The van der Waals surface area contributed by atoms with Gasteiger partial charge in [-0.1, -0.05) is 172 Å². The zero-order chi connectivity index (χ0) is 49.5. The Bertz CT molecular complexity index is 4320. The third kappa shape index (κ3) is 6.25. The third-order valence-electron chi connectivity index (χ3n) is 15.8. The number of sulfone groups is 1. The maximum Gasteiger partial charge on any atom is 0.250 e. The number of benzene rings is 10. The molecule has 5 nitrogen and oxygen atoms in total. The second-order valence-electron chi connectivity index (χ2n) is 20.9. The van der Waals surface area contributed by atoms with Crippen LogP contribution in [-0.4, -0.2) is 24.3 Å². The van der Waals surface area contributed by atoms with E-state index in [1.54, 1.807) is 0 Å². The van der Waals surface area contributed by atoms with E-state index in [0.29, 0.717) is 9.79 Å². The fraction of sp³-hybridized carbons (Fsp3) is 0.0909. The number of anilines is 3. The quantitative estimate of drug-likeness (QED) is 0.162. The highest BCUT2D eigenvalue weighted by Gasteiger charge is 2.48. The monoisotopic (exact) mass is 959 g/mol. The molecule has 0 saturated carbocycles. The van der Waals surface area contributed by atoms with Gasteiger partial charge in [0.15, 0.2) is 0 Å². The first-order chi connectivity index (χ1) is 35.5. The highest BCUT2D eigenvalue weighted by Crippen LogP contribution is 2.49. The van der Waals surface area contributed by atoms with Crippen LogP contribution >= 0.6 is 0 Å². The van der Waals surface area contributed by atoms with Crippen molar-refractivity contribution in [3.63, 3.8) is 0 Å². The van der Waals surface area contributed by atoms with Crippen molar-refractivity contribution in [1.29, 1.82) is 0 Å². The van der Waals surface area contributed by atoms with Crippen LogP contribution in [0.2, 0.25) is 0 Å². The Labute approximate surface area is 426 Å². The van der Waals surface area contributed by atoms with E-state index in [9.17, 15) is 0 Å². The highest BCUT2D eigenvalue weighted by molar-refractivity contribution is 7.92. The number of hydrogen-bond acceptors (Lipinski definition) is 3. The normalized spacial score (nSPS) is 13.7. The van der Waals surface area contributed by atoms with E-state index in [4.69, 9.17) is 0 Å². The van der Waals surface area contributed by atoms with Crippen LogP contribution in [-0.2, 0) is 15.3 Å². The van der Waals surface area contributed by atoms with Gasteiger partial charge >= 0.3 is 0 Å². The molecule has 2 aliphatic rings. The summed E-state index contributed by atoms with van der Waals surface area (Å²) in [5.74, 6) is 0. The summed E-state index contributed by atoms with van der Waals surface area (Å²) in [5, 5.41) is 4.65. The minimum atomic E-state index is -4.12. The molecule has 0 spiro atoms. The van der Waals surface area contributed by atoms with Gasteiger partial charge in [0.05, 0.1) is 48.9 Å². The van der Waals surface area contributed by atoms with Crippen LogP contribution < -0.4 is 21.3 Å². The Morgan fingerprint density at radius 2 is 0.918 bits per heavy atom. The van der Waals surface area contributed by atoms with E-state index < -0.39 is 22.0 Å². The smallest absolute Gasteiger partial charge is 0.250 e. The van der Waals surface area contributed by atoms with Crippen LogP contribution in [0, 0.1) is 13.8 Å². The lowest BCUT2D eigenvalue weighted by molar-refractivity contribution is 0.584. The third-order valence-corrected chi connectivity index (χ3v) is 17.8. The van der Waals surface area contributed by atoms with Crippen LogP contribution in [0.3, 0.4) is 0 Å². The first-order valence-electron chi connectivity index (χ1n) is 25.2. The molecule has 0 bridgehead atoms. The zero-order valence-corrected chi connectivity index (χ0v) is 42.2. The fourth-order valence-electron chi connectivity index (χ4n) is 12.5. The maximum absolute atomic E-state index is 16.2. The largest absolute Gasteiger partial charge is 0.310 e. The van der Waals surface area contributed by atoms with Crippen molar-refractivity contribution in [2.45, 2.75) is 49.8 Å². The van der Waals surface area contributed by atoms with E-state index in [2.05, 4.69) is 248 Å². The Balaban J connectivity index is 1.09. The van der Waals surface area contributed by atoms with Gasteiger partial charge in [0.1, 0.15) is 0 Å². The molecule has 12 aromatic rings. The molecular weight excluding hydrogens is 910 g/mol. The highest BCUT2D eigenvalue weighted by atomic mass is 32.2. The number of nitrogens with zero attached hydrogens (tertiary/aromatic N) is 3. The topological polar surface area (TPSA) is 47.2 Å². The Kier molecular flexibility index (Phi) is 9.40. The van der Waals surface area contributed by atoms with Crippen LogP contribution in [0.5, 0.6) is 0 Å². The first-order valence-corrected chi connectivity index (χ1v) is 26.7. The molecule has 2 aromatic heterocycles. The molecule has 0 fully saturated rings. The van der Waals surface area contributed by atoms with E-state index >= 15 is 8.42 Å². The van der Waals surface area contributed by atoms with Crippen molar-refractivity contribution in [2.24, 2.45) is 0 Å². The molecule has 0 atom stereocenters. The maximum atomic E-state index is 16.2. The molecule has 0 saturated heterocycles. The van der Waals surface area contributed by atoms with Gasteiger partial charge in [0.25, 0.3) is 0 Å². The van der Waals surface area contributed by atoms with E-state index in [-0.39, 0.29) is 0 Å². The molecule has 4 heterocycles. The molecule has 73 heavy (non-hydrogen) atoms. The molecule has 350 valence electrons. The Morgan fingerprint density at radius 1 is 0.425 bits per heavy atom. The lowest BCUT2D eigenvalue weighted by atomic mass is 9.34. The van der Waals surface area contributed by atoms with Crippen LogP contribution in [0.15, 0.2) is 222 Å². The Morgan fingerprint density at radius 3 is 1.51 bits per heavy atom. The summed E-state index contributed by atoms with van der Waals surface area (Å²) in [6.07, 6.45) is 0. The molecule has 7 heteroatoms. The minimum Gasteiger partial charge on any atom is -0.310 e. The van der Waals surface area contributed by atoms with Crippen molar-refractivity contribution < 1.29 is 8.42 Å². The van der Waals surface area contributed by atoms with Gasteiger partial charge < -0.3 is 14.0 Å². The molecule has 0 unspecified atom stereocenters. The summed E-state index contributed by atoms with van der Waals surface area (Å²) in [5.41, 5.74) is 18.6. The zero-order valence-electron chi connectivity index (χ0n) is 41.4. The molecule has 0 aliphatic carbocycles. The number of hydrogen-bond donors (Lipinski definition) is 0. The second kappa shape index (κ2) is 15.8. The number of fused-ring (bicyclic) bond motifs is 10. The number of para-hydroxylation sites is 5. The standard InChI is InChI=1S/C66H50BN3O2S/c1-41-54(68-57-30-15-10-25-48(57)49-26-11-16-31-58(49)68)36-34-52-64(41)70(56-29-14-9-24-47(56)45-23-19-22-44(38-45)43-20-7-6-8-21-43)61-39-46(66(3,4)5)40-62-63(61)67(52)53-35-37-55(42(2)65(53)73(62,71)72)69-59-32-17-12-27-50(59)51-28-13-18-33-60(51)69/h6-40H,1-5H3. The van der Waals surface area contributed by atoms with Gasteiger partial charge in [0, 0.05) is 38.5 Å². The number of aromatic nitrogens is 2. The molecule has 14 rings (SSSR count). The lowest BCUT2D eigenvalue weighted by Crippen LogP contribution is -2.62. The van der Waals surface area contributed by atoms with Crippen molar-refractivity contribution in [1.82, 2.24) is 9.13 Å². The molecule has 0 amide bonds. The van der Waals surface area contributed by atoms with Crippen molar-refractivity contribution in [3.05, 3.63) is 229 Å². The summed E-state index contributed by atoms with van der Waals surface area (Å²) in [6, 6.07) is 75.3. The second-order valence-corrected chi connectivity index (χ2v) is 22.8. The summed E-state index contributed by atoms with van der Waals surface area (Å²) in [6.45, 7) is 10.4. The Hall–Kier alpha value is -8.39. The number of rotatable bonds is 5. The van der Waals surface area contributed by atoms with Gasteiger partial charge in [-0.3, -0.25) is 0 Å². The van der Waals surface area contributed by atoms with Gasteiger partial charge in [-0.25, -0.2) is 8.42 Å². The van der Waals surface area contributed by atoms with Crippen molar-refractivity contribution >= 4 is 93.6 Å². The van der Waals surface area contributed by atoms with Crippen LogP contribution in [0.4, 0.5) is 17.1 Å². The molecule has 0 N–H and O–H groups in total. The predicted molar refractivity (Wildman–Crippen MR) is 305 cm³/mol. The van der Waals surface area contributed by atoms with Gasteiger partial charge in [-0.2, -0.15) is 0 Å². The van der Waals surface area contributed by atoms with Crippen LogP contribution in [0.25, 0.3) is 77.2 Å². The average molecular weight is 960 g/mol. The van der Waals surface area contributed by atoms with E-state index in [0.717, 1.165) is 117 Å². The van der Waals surface area contributed by atoms with E-state index in [1.165, 1.54) is 10.8 Å². The molecule has 0 radical (unpaired) electrons. The van der Waals surface area contributed by atoms with E-state index in [1.807, 2.05) is 13.0 Å². The average Bonchev–Trinajstić information content (AvgIpc) is 3.92. The molecule has 10 aromatic carbocycles. The SMILES string of the molecule is Cc1c(-n2c3ccccc3c3ccccc32)ccc2c1N(c1ccccc1-c1cccc(-c3ccccc3)c1)c1cc(C(C)(C)C)cc3c1B2c1ccc(-n2c4ccccc4c4ccccc42)c(C)c1S3(=O)=O. The van der Waals surface area contributed by atoms with Crippen molar-refractivity contribution in [3.8, 4) is 33.6 Å². The van der Waals surface area contributed by atoms with Gasteiger partial charge in [0.2, 0.25) is 16.6 Å². The lowest BCUT2D eigenvalue weighted by Gasteiger charge is -2.43. The van der Waals surface area contributed by atoms with Crippen molar-refractivity contribution in [2.75, 3.05) is 4.90 Å². The van der Waals surface area contributed by atoms with Gasteiger partial charge in [-0.15, -0.1) is 0 Å². The fourth-order valence-corrected chi connectivity index (χ4v) is 14.5. The summed E-state index contributed by atoms with van der Waals surface area (Å²) >= 11 is 0.